The minimum Gasteiger partial charge on any atom is -0.508 e. The third-order valence-electron chi connectivity index (χ3n) is 1.87. The molecular weight excluding hydrogens is 192 g/mol. The summed E-state index contributed by atoms with van der Waals surface area (Å²) in [5, 5.41) is 18.6. The fourth-order valence-electron chi connectivity index (χ4n) is 1.18. The summed E-state index contributed by atoms with van der Waals surface area (Å²) in [6, 6.07) is 2.56. The summed E-state index contributed by atoms with van der Waals surface area (Å²) in [5.74, 6) is -0.289. The van der Waals surface area contributed by atoms with Crippen molar-refractivity contribution in [3.8, 4) is 11.5 Å². The summed E-state index contributed by atoms with van der Waals surface area (Å²) in [4.78, 5) is 10.7. The molecule has 3 heteroatoms. The van der Waals surface area contributed by atoms with Crippen LogP contribution in [0.1, 0.15) is 22.8 Å². The van der Waals surface area contributed by atoms with Crippen molar-refractivity contribution in [3.05, 3.63) is 41.5 Å². The van der Waals surface area contributed by atoms with Crippen LogP contribution in [0.3, 0.4) is 0 Å². The molecule has 0 bridgehead atoms. The van der Waals surface area contributed by atoms with Gasteiger partial charge in [-0.15, -0.1) is 0 Å². The number of allylic oxidation sites excluding steroid dienone is 3. The van der Waals surface area contributed by atoms with E-state index in [2.05, 4.69) is 0 Å². The maximum absolute atomic E-state index is 10.7. The molecule has 0 heterocycles. The topological polar surface area (TPSA) is 57.5 Å². The number of carbonyl (C=O) groups is 1. The number of rotatable bonds is 3. The first-order valence-corrected chi connectivity index (χ1v) is 4.49. The molecule has 0 aliphatic heterocycles. The first kappa shape index (κ1) is 11.0. The summed E-state index contributed by atoms with van der Waals surface area (Å²) < 4.78 is 0. The highest BCUT2D eigenvalue weighted by molar-refractivity contribution is 5.86. The highest BCUT2D eigenvalue weighted by Gasteiger charge is 2.06. The fraction of sp³-hybridized carbons (Fsp3) is 0.0833. The van der Waals surface area contributed by atoms with Crippen LogP contribution in [0.4, 0.5) is 0 Å². The van der Waals surface area contributed by atoms with E-state index in [-0.39, 0.29) is 17.1 Å². The summed E-state index contributed by atoms with van der Waals surface area (Å²) in [6.07, 6.45) is 7.55. The molecule has 0 unspecified atom stereocenters. The fourth-order valence-corrected chi connectivity index (χ4v) is 1.18. The summed E-state index contributed by atoms with van der Waals surface area (Å²) in [7, 11) is 0. The monoisotopic (exact) mass is 204 g/mol. The predicted octanol–water partition coefficient (Wildman–Crippen LogP) is 2.50. The van der Waals surface area contributed by atoms with E-state index in [0.29, 0.717) is 11.8 Å². The maximum atomic E-state index is 10.7. The molecule has 0 saturated carbocycles. The van der Waals surface area contributed by atoms with Gasteiger partial charge < -0.3 is 10.2 Å². The van der Waals surface area contributed by atoms with Crippen molar-refractivity contribution in [1.82, 2.24) is 0 Å². The Morgan fingerprint density at radius 1 is 1.20 bits per heavy atom. The van der Waals surface area contributed by atoms with Crippen molar-refractivity contribution in [1.29, 1.82) is 0 Å². The van der Waals surface area contributed by atoms with E-state index >= 15 is 0 Å². The number of phenolic OH excluding ortho intramolecular Hbond substituents is 2. The van der Waals surface area contributed by atoms with Crippen molar-refractivity contribution >= 4 is 12.4 Å². The number of aromatic hydroxyl groups is 2. The van der Waals surface area contributed by atoms with Crippen LogP contribution in [0.5, 0.6) is 11.5 Å². The van der Waals surface area contributed by atoms with Gasteiger partial charge >= 0.3 is 0 Å². The van der Waals surface area contributed by atoms with Crippen molar-refractivity contribution in [2.24, 2.45) is 0 Å². The largest absolute Gasteiger partial charge is 0.508 e. The molecule has 1 aromatic carbocycles. The Hall–Kier alpha value is -2.03. The zero-order valence-electron chi connectivity index (χ0n) is 8.34. The number of hydrogen-bond acceptors (Lipinski definition) is 3. The minimum atomic E-state index is -0.217. The Morgan fingerprint density at radius 3 is 2.53 bits per heavy atom. The number of carbonyl (C=O) groups excluding carboxylic acids is 1. The lowest BCUT2D eigenvalue weighted by Gasteiger charge is -2.02. The van der Waals surface area contributed by atoms with E-state index in [0.717, 1.165) is 6.07 Å². The van der Waals surface area contributed by atoms with E-state index in [4.69, 9.17) is 0 Å². The molecular formula is C12H12O3. The third-order valence-corrected chi connectivity index (χ3v) is 1.87. The molecule has 0 fully saturated rings. The van der Waals surface area contributed by atoms with E-state index in [1.54, 1.807) is 18.2 Å². The van der Waals surface area contributed by atoms with Crippen LogP contribution < -0.4 is 0 Å². The Bertz CT molecular complexity index is 417. The quantitative estimate of drug-likeness (QED) is 0.587. The average Bonchev–Trinajstić information content (AvgIpc) is 2.17. The van der Waals surface area contributed by atoms with E-state index in [1.807, 2.05) is 13.0 Å². The summed E-state index contributed by atoms with van der Waals surface area (Å²) in [5.41, 5.74) is 0.661. The maximum Gasteiger partial charge on any atom is 0.154 e. The molecule has 0 radical (unpaired) electrons. The van der Waals surface area contributed by atoms with Crippen molar-refractivity contribution < 1.29 is 15.0 Å². The highest BCUT2D eigenvalue weighted by Crippen LogP contribution is 2.26. The van der Waals surface area contributed by atoms with Gasteiger partial charge in [-0.05, 0) is 18.6 Å². The first-order valence-electron chi connectivity index (χ1n) is 4.49. The standard InChI is InChI=1S/C12H12O3/c1-2-3-4-5-9-6-10(14)7-12(15)11(9)8-13/h2-8,14-15H,1H3/b3-2+,5-4+. The lowest BCUT2D eigenvalue weighted by molar-refractivity contribution is 0.112. The van der Waals surface area contributed by atoms with Gasteiger partial charge in [-0.25, -0.2) is 0 Å². The van der Waals surface area contributed by atoms with Crippen molar-refractivity contribution in [2.45, 2.75) is 6.92 Å². The Balaban J connectivity index is 3.20. The van der Waals surface area contributed by atoms with E-state index in [9.17, 15) is 15.0 Å². The van der Waals surface area contributed by atoms with Gasteiger partial charge in [0.05, 0.1) is 5.56 Å². The van der Waals surface area contributed by atoms with Gasteiger partial charge in [0.15, 0.2) is 6.29 Å². The molecule has 0 aliphatic rings. The van der Waals surface area contributed by atoms with Crippen LogP contribution in [0.2, 0.25) is 0 Å². The van der Waals surface area contributed by atoms with Crippen LogP contribution in [0.25, 0.3) is 6.08 Å². The number of hydrogen-bond donors (Lipinski definition) is 2. The van der Waals surface area contributed by atoms with Gasteiger partial charge in [0.1, 0.15) is 11.5 Å². The molecule has 0 spiro atoms. The van der Waals surface area contributed by atoms with Gasteiger partial charge in [-0.3, -0.25) is 4.79 Å². The second kappa shape index (κ2) is 5.00. The third kappa shape index (κ3) is 2.71. The molecule has 1 rings (SSSR count). The molecule has 0 aromatic heterocycles. The zero-order chi connectivity index (χ0) is 11.3. The second-order valence-corrected chi connectivity index (χ2v) is 2.97. The highest BCUT2D eigenvalue weighted by atomic mass is 16.3. The molecule has 3 nitrogen and oxygen atoms in total. The molecule has 15 heavy (non-hydrogen) atoms. The van der Waals surface area contributed by atoms with Crippen molar-refractivity contribution in [2.75, 3.05) is 0 Å². The number of aldehydes is 1. The van der Waals surface area contributed by atoms with Gasteiger partial charge in [0, 0.05) is 6.07 Å². The Kier molecular flexibility index (Phi) is 3.68. The van der Waals surface area contributed by atoms with E-state index < -0.39 is 0 Å². The SMILES string of the molecule is C/C=C/C=C/c1cc(O)cc(O)c1C=O. The first-order chi connectivity index (χ1) is 7.19. The number of phenols is 2. The Labute approximate surface area is 88.0 Å². The molecule has 2 N–H and O–H groups in total. The van der Waals surface area contributed by atoms with Crippen LogP contribution >= 0.6 is 0 Å². The summed E-state index contributed by atoms with van der Waals surface area (Å²) in [6.45, 7) is 1.87. The normalized spacial score (nSPS) is 11.3. The minimum absolute atomic E-state index is 0.0711. The summed E-state index contributed by atoms with van der Waals surface area (Å²) >= 11 is 0. The molecule has 78 valence electrons. The van der Waals surface area contributed by atoms with Gasteiger partial charge in [-0.2, -0.15) is 0 Å². The van der Waals surface area contributed by atoms with Gasteiger partial charge in [-0.1, -0.05) is 24.3 Å². The zero-order valence-corrected chi connectivity index (χ0v) is 8.34. The van der Waals surface area contributed by atoms with Crippen LogP contribution in [0.15, 0.2) is 30.4 Å². The predicted molar refractivity (Wildman–Crippen MR) is 59.0 cm³/mol. The number of benzene rings is 1. The molecule has 0 atom stereocenters. The molecule has 0 aliphatic carbocycles. The lowest BCUT2D eigenvalue weighted by atomic mass is 10.1. The lowest BCUT2D eigenvalue weighted by Crippen LogP contribution is -1.87. The molecule has 0 amide bonds. The van der Waals surface area contributed by atoms with E-state index in [1.165, 1.54) is 6.07 Å². The molecule has 1 aromatic rings. The average molecular weight is 204 g/mol. The van der Waals surface area contributed by atoms with Crippen LogP contribution in [0, 0.1) is 0 Å². The van der Waals surface area contributed by atoms with Gasteiger partial charge in [0.25, 0.3) is 0 Å². The molecule has 0 saturated heterocycles. The van der Waals surface area contributed by atoms with Crippen LogP contribution in [-0.2, 0) is 0 Å². The Morgan fingerprint density at radius 2 is 1.93 bits per heavy atom. The van der Waals surface area contributed by atoms with Gasteiger partial charge in [0.2, 0.25) is 0 Å². The van der Waals surface area contributed by atoms with Crippen molar-refractivity contribution in [3.63, 3.8) is 0 Å². The van der Waals surface area contributed by atoms with Crippen LogP contribution in [-0.4, -0.2) is 16.5 Å². The smallest absolute Gasteiger partial charge is 0.154 e. The second-order valence-electron chi connectivity index (χ2n) is 2.97.